The van der Waals surface area contributed by atoms with Crippen LogP contribution in [0.25, 0.3) is 0 Å². The second kappa shape index (κ2) is 2.29. The molecule has 0 amide bonds. The molecule has 1 aliphatic rings. The Labute approximate surface area is 48.8 Å². The molecule has 0 radical (unpaired) electrons. The first-order valence-electron chi connectivity index (χ1n) is 2.72. The lowest BCUT2D eigenvalue weighted by atomic mass is 10.2. The van der Waals surface area contributed by atoms with Crippen LogP contribution in [-0.4, -0.2) is 24.4 Å². The molecule has 0 aromatic rings. The number of aliphatic hydroxyl groups excluding tert-OH is 1. The van der Waals surface area contributed by atoms with E-state index in [-0.39, 0.29) is 12.2 Å². The summed E-state index contributed by atoms with van der Waals surface area (Å²) in [5.41, 5.74) is 0. The van der Waals surface area contributed by atoms with Crippen LogP contribution in [0.4, 0.5) is 0 Å². The van der Waals surface area contributed by atoms with Crippen molar-refractivity contribution in [1.82, 2.24) is 0 Å². The van der Waals surface area contributed by atoms with Crippen molar-refractivity contribution in [3.8, 4) is 0 Å². The van der Waals surface area contributed by atoms with Gasteiger partial charge in [0.05, 0.1) is 12.2 Å². The van der Waals surface area contributed by atoms with Gasteiger partial charge in [0, 0.05) is 7.11 Å². The smallest absolute Gasteiger partial charge is 0.0985 e. The zero-order chi connectivity index (χ0) is 5.98. The van der Waals surface area contributed by atoms with Gasteiger partial charge in [-0.2, -0.15) is 0 Å². The van der Waals surface area contributed by atoms with Crippen LogP contribution in [0, 0.1) is 0 Å². The number of hydrogen-bond acceptors (Lipinski definition) is 2. The Morgan fingerprint density at radius 1 is 1.75 bits per heavy atom. The van der Waals surface area contributed by atoms with Crippen molar-refractivity contribution in [3.63, 3.8) is 0 Å². The molecule has 8 heavy (non-hydrogen) atoms. The van der Waals surface area contributed by atoms with E-state index in [0.29, 0.717) is 0 Å². The SMILES string of the molecule is CO[C@@H]1CC=C[C@H]1O. The first-order valence-corrected chi connectivity index (χ1v) is 2.72. The van der Waals surface area contributed by atoms with Crippen LogP contribution in [0.1, 0.15) is 6.42 Å². The minimum absolute atomic E-state index is 0.00926. The molecule has 2 heteroatoms. The largest absolute Gasteiger partial charge is 0.386 e. The third-order valence-electron chi connectivity index (χ3n) is 1.39. The molecule has 46 valence electrons. The predicted molar refractivity (Wildman–Crippen MR) is 30.6 cm³/mol. The highest BCUT2D eigenvalue weighted by Gasteiger charge is 2.18. The zero-order valence-corrected chi connectivity index (χ0v) is 4.87. The van der Waals surface area contributed by atoms with E-state index in [0.717, 1.165) is 6.42 Å². The maximum absolute atomic E-state index is 8.98. The number of ether oxygens (including phenoxy) is 1. The number of hydrogen-bond donors (Lipinski definition) is 1. The van der Waals surface area contributed by atoms with Gasteiger partial charge in [0.1, 0.15) is 0 Å². The van der Waals surface area contributed by atoms with Crippen LogP contribution in [-0.2, 0) is 4.74 Å². The Hall–Kier alpha value is -0.340. The molecule has 0 bridgehead atoms. The predicted octanol–water partition coefficient (Wildman–Crippen LogP) is 0.322. The second-order valence-electron chi connectivity index (χ2n) is 1.93. The normalized spacial score (nSPS) is 36.2. The summed E-state index contributed by atoms with van der Waals surface area (Å²) in [7, 11) is 1.61. The monoisotopic (exact) mass is 114 g/mol. The molecular formula is C6H10O2. The van der Waals surface area contributed by atoms with Crippen LogP contribution in [0.2, 0.25) is 0 Å². The van der Waals surface area contributed by atoms with Crippen LogP contribution < -0.4 is 0 Å². The lowest BCUT2D eigenvalue weighted by Gasteiger charge is -2.10. The van der Waals surface area contributed by atoms with Crippen molar-refractivity contribution in [2.45, 2.75) is 18.6 Å². The molecule has 0 aliphatic heterocycles. The van der Waals surface area contributed by atoms with Gasteiger partial charge in [-0.1, -0.05) is 12.2 Å². The second-order valence-corrected chi connectivity index (χ2v) is 1.93. The third-order valence-corrected chi connectivity index (χ3v) is 1.39. The third kappa shape index (κ3) is 0.904. The van der Waals surface area contributed by atoms with Gasteiger partial charge in [0.2, 0.25) is 0 Å². The molecule has 1 aliphatic carbocycles. The summed E-state index contributed by atoms with van der Waals surface area (Å²) in [4.78, 5) is 0. The molecule has 0 spiro atoms. The standard InChI is InChI=1S/C6H10O2/c1-8-6-4-2-3-5(6)7/h2-3,5-7H,4H2,1H3/t5-,6-/m1/s1. The molecule has 0 aromatic heterocycles. The van der Waals surface area contributed by atoms with Crippen LogP contribution in [0.5, 0.6) is 0 Å². The van der Waals surface area contributed by atoms with E-state index < -0.39 is 0 Å². The van der Waals surface area contributed by atoms with E-state index >= 15 is 0 Å². The lowest BCUT2D eigenvalue weighted by molar-refractivity contribution is 0.0230. The average molecular weight is 114 g/mol. The summed E-state index contributed by atoms with van der Waals surface area (Å²) in [5.74, 6) is 0. The summed E-state index contributed by atoms with van der Waals surface area (Å²) in [5, 5.41) is 8.98. The fourth-order valence-electron chi connectivity index (χ4n) is 0.851. The highest BCUT2D eigenvalue weighted by molar-refractivity contribution is 5.02. The summed E-state index contributed by atoms with van der Waals surface area (Å²) in [6.07, 6.45) is 4.17. The molecule has 0 unspecified atom stereocenters. The van der Waals surface area contributed by atoms with Gasteiger partial charge in [-0.3, -0.25) is 0 Å². The van der Waals surface area contributed by atoms with Crippen molar-refractivity contribution in [1.29, 1.82) is 0 Å². The van der Waals surface area contributed by atoms with Crippen molar-refractivity contribution in [2.75, 3.05) is 7.11 Å². The molecule has 2 atom stereocenters. The molecule has 0 saturated carbocycles. The van der Waals surface area contributed by atoms with Crippen LogP contribution in [0.15, 0.2) is 12.2 Å². The molecule has 1 N–H and O–H groups in total. The Bertz CT molecular complexity index is 98.7. The van der Waals surface area contributed by atoms with E-state index in [2.05, 4.69) is 0 Å². The van der Waals surface area contributed by atoms with Crippen molar-refractivity contribution < 1.29 is 9.84 Å². The number of aliphatic hydroxyl groups is 1. The Kier molecular flexibility index (Phi) is 1.65. The van der Waals surface area contributed by atoms with E-state index in [1.807, 2.05) is 6.08 Å². The minimum Gasteiger partial charge on any atom is -0.386 e. The Morgan fingerprint density at radius 2 is 2.50 bits per heavy atom. The lowest BCUT2D eigenvalue weighted by Crippen LogP contribution is -2.20. The van der Waals surface area contributed by atoms with Gasteiger partial charge >= 0.3 is 0 Å². The maximum atomic E-state index is 8.98. The summed E-state index contributed by atoms with van der Waals surface area (Å²) in [6.45, 7) is 0. The van der Waals surface area contributed by atoms with E-state index in [9.17, 15) is 0 Å². The minimum atomic E-state index is -0.375. The molecule has 0 fully saturated rings. The van der Waals surface area contributed by atoms with E-state index in [1.54, 1.807) is 13.2 Å². The average Bonchev–Trinajstić information content (AvgIpc) is 2.14. The summed E-state index contributed by atoms with van der Waals surface area (Å²) in [6, 6.07) is 0. The highest BCUT2D eigenvalue weighted by Crippen LogP contribution is 2.12. The van der Waals surface area contributed by atoms with Gasteiger partial charge in [-0.25, -0.2) is 0 Å². The van der Waals surface area contributed by atoms with Crippen molar-refractivity contribution in [3.05, 3.63) is 12.2 Å². The number of methoxy groups -OCH3 is 1. The van der Waals surface area contributed by atoms with Crippen molar-refractivity contribution in [2.24, 2.45) is 0 Å². The zero-order valence-electron chi connectivity index (χ0n) is 4.87. The molecule has 0 aromatic carbocycles. The number of rotatable bonds is 1. The Morgan fingerprint density at radius 3 is 2.75 bits per heavy atom. The van der Waals surface area contributed by atoms with Crippen LogP contribution in [0.3, 0.4) is 0 Å². The van der Waals surface area contributed by atoms with E-state index in [4.69, 9.17) is 9.84 Å². The Balaban J connectivity index is 2.38. The quantitative estimate of drug-likeness (QED) is 0.497. The highest BCUT2D eigenvalue weighted by atomic mass is 16.5. The van der Waals surface area contributed by atoms with Crippen molar-refractivity contribution >= 4 is 0 Å². The van der Waals surface area contributed by atoms with Gasteiger partial charge in [0.15, 0.2) is 0 Å². The molecule has 1 rings (SSSR count). The molecule has 0 heterocycles. The van der Waals surface area contributed by atoms with Gasteiger partial charge in [-0.15, -0.1) is 0 Å². The van der Waals surface area contributed by atoms with Crippen LogP contribution >= 0.6 is 0 Å². The summed E-state index contributed by atoms with van der Waals surface area (Å²) >= 11 is 0. The van der Waals surface area contributed by atoms with Gasteiger partial charge in [0.25, 0.3) is 0 Å². The fraction of sp³-hybridized carbons (Fsp3) is 0.667. The van der Waals surface area contributed by atoms with E-state index in [1.165, 1.54) is 0 Å². The maximum Gasteiger partial charge on any atom is 0.0985 e. The fourth-order valence-corrected chi connectivity index (χ4v) is 0.851. The van der Waals surface area contributed by atoms with Gasteiger partial charge in [-0.05, 0) is 6.42 Å². The first kappa shape index (κ1) is 5.79. The topological polar surface area (TPSA) is 29.5 Å². The molecular weight excluding hydrogens is 104 g/mol. The summed E-state index contributed by atoms with van der Waals surface area (Å²) < 4.78 is 4.91. The molecule has 0 saturated heterocycles. The first-order chi connectivity index (χ1) is 3.84. The van der Waals surface area contributed by atoms with Gasteiger partial charge < -0.3 is 9.84 Å². The molecule has 2 nitrogen and oxygen atoms in total.